The number of amides is 3. The van der Waals surface area contributed by atoms with Gasteiger partial charge in [0.25, 0.3) is 11.1 Å². The topological polar surface area (TPSA) is 105 Å². The van der Waals surface area contributed by atoms with Crippen LogP contribution in [0.4, 0.5) is 4.79 Å². The van der Waals surface area contributed by atoms with Gasteiger partial charge in [0.1, 0.15) is 23.8 Å². The Morgan fingerprint density at radius 2 is 1.87 bits per heavy atom. The number of nitrogens with zero attached hydrogens (tertiary/aromatic N) is 1. The molecule has 1 saturated heterocycles. The van der Waals surface area contributed by atoms with E-state index in [0.29, 0.717) is 30.0 Å². The van der Waals surface area contributed by atoms with E-state index in [1.165, 1.54) is 14.2 Å². The highest BCUT2D eigenvalue weighted by molar-refractivity contribution is 8.18. The number of thioether (sulfide) groups is 1. The summed E-state index contributed by atoms with van der Waals surface area (Å²) in [5.74, 6) is 0.322. The summed E-state index contributed by atoms with van der Waals surface area (Å²) in [7, 11) is 3.04. The number of phenols is 1. The number of nitrogens with one attached hydrogen (secondary N) is 1. The Balaban J connectivity index is 1.60. The van der Waals surface area contributed by atoms with Gasteiger partial charge in [0.15, 0.2) is 0 Å². The second kappa shape index (κ2) is 10.0. The third kappa shape index (κ3) is 5.58. The molecule has 0 saturated carbocycles. The normalized spacial score (nSPS) is 14.8. The smallest absolute Gasteiger partial charge is 0.294 e. The first-order valence-electron chi connectivity index (χ1n) is 9.43. The zero-order valence-electron chi connectivity index (χ0n) is 17.1. The van der Waals surface area contributed by atoms with Gasteiger partial charge in [0, 0.05) is 18.2 Å². The zero-order valence-corrected chi connectivity index (χ0v) is 17.9. The second-order valence-corrected chi connectivity index (χ2v) is 7.64. The van der Waals surface area contributed by atoms with Crippen LogP contribution in [0.3, 0.4) is 0 Å². The highest BCUT2D eigenvalue weighted by Crippen LogP contribution is 2.34. The Morgan fingerprint density at radius 1 is 1.13 bits per heavy atom. The number of carbonyl (C=O) groups is 3. The number of hydrogen-bond acceptors (Lipinski definition) is 7. The Hall–Kier alpha value is -3.46. The van der Waals surface area contributed by atoms with Crippen molar-refractivity contribution in [2.45, 2.75) is 6.42 Å². The quantitative estimate of drug-likeness (QED) is 0.606. The molecule has 2 aromatic carbocycles. The standard InChI is InChI=1S/C22H22N2O6S/c1-29-17-8-5-15(18(12-17)30-2)11-19-21(27)24(22(28)31-19)13-20(26)23-10-9-14-3-6-16(25)7-4-14/h3-8,11-12,25H,9-10,13H2,1-2H3,(H,23,26). The van der Waals surface area contributed by atoms with Crippen molar-refractivity contribution in [3.05, 3.63) is 58.5 Å². The molecular weight excluding hydrogens is 420 g/mol. The Morgan fingerprint density at radius 3 is 2.55 bits per heavy atom. The number of imide groups is 1. The van der Waals surface area contributed by atoms with E-state index in [2.05, 4.69) is 5.32 Å². The molecule has 3 rings (SSSR count). The zero-order chi connectivity index (χ0) is 22.4. The van der Waals surface area contributed by atoms with E-state index >= 15 is 0 Å². The van der Waals surface area contributed by atoms with Crippen molar-refractivity contribution in [1.29, 1.82) is 0 Å². The van der Waals surface area contributed by atoms with Crippen LogP contribution in [0, 0.1) is 0 Å². The molecule has 0 spiro atoms. The number of aromatic hydroxyl groups is 1. The molecule has 31 heavy (non-hydrogen) atoms. The van der Waals surface area contributed by atoms with Crippen molar-refractivity contribution in [2.24, 2.45) is 0 Å². The lowest BCUT2D eigenvalue weighted by Crippen LogP contribution is -2.40. The minimum absolute atomic E-state index is 0.174. The lowest BCUT2D eigenvalue weighted by atomic mass is 10.1. The predicted molar refractivity (Wildman–Crippen MR) is 117 cm³/mol. The van der Waals surface area contributed by atoms with Crippen molar-refractivity contribution in [3.63, 3.8) is 0 Å². The number of phenolic OH excluding ortho intramolecular Hbond substituents is 1. The fourth-order valence-electron chi connectivity index (χ4n) is 2.92. The summed E-state index contributed by atoms with van der Waals surface area (Å²) in [4.78, 5) is 38.3. The molecule has 9 heteroatoms. The summed E-state index contributed by atoms with van der Waals surface area (Å²) >= 11 is 0.778. The maximum Gasteiger partial charge on any atom is 0.294 e. The lowest BCUT2D eigenvalue weighted by Gasteiger charge is -2.12. The summed E-state index contributed by atoms with van der Waals surface area (Å²) < 4.78 is 10.5. The van der Waals surface area contributed by atoms with Gasteiger partial charge in [-0.3, -0.25) is 19.3 Å². The van der Waals surface area contributed by atoms with Gasteiger partial charge in [-0.2, -0.15) is 0 Å². The number of methoxy groups -OCH3 is 2. The van der Waals surface area contributed by atoms with Gasteiger partial charge < -0.3 is 19.9 Å². The van der Waals surface area contributed by atoms with Crippen molar-refractivity contribution in [1.82, 2.24) is 10.2 Å². The minimum Gasteiger partial charge on any atom is -0.508 e. The van der Waals surface area contributed by atoms with Gasteiger partial charge in [-0.15, -0.1) is 0 Å². The van der Waals surface area contributed by atoms with Crippen LogP contribution in [0.2, 0.25) is 0 Å². The van der Waals surface area contributed by atoms with E-state index in [-0.39, 0.29) is 17.2 Å². The third-order valence-electron chi connectivity index (χ3n) is 4.57. The average Bonchev–Trinajstić information content (AvgIpc) is 3.02. The first kappa shape index (κ1) is 22.2. The number of benzene rings is 2. The van der Waals surface area contributed by atoms with E-state index in [4.69, 9.17) is 9.47 Å². The van der Waals surface area contributed by atoms with Crippen molar-refractivity contribution in [2.75, 3.05) is 27.3 Å². The maximum absolute atomic E-state index is 12.7. The first-order chi connectivity index (χ1) is 14.9. The van der Waals surface area contributed by atoms with Crippen molar-refractivity contribution < 1.29 is 29.0 Å². The summed E-state index contributed by atoms with van der Waals surface area (Å²) in [6.07, 6.45) is 2.12. The molecule has 162 valence electrons. The average molecular weight is 442 g/mol. The Bertz CT molecular complexity index is 1020. The minimum atomic E-state index is -0.526. The van der Waals surface area contributed by atoms with E-state index in [9.17, 15) is 19.5 Å². The summed E-state index contributed by atoms with van der Waals surface area (Å²) in [5, 5.41) is 11.5. The van der Waals surface area contributed by atoms with Gasteiger partial charge in [-0.05, 0) is 54.1 Å². The molecular formula is C22H22N2O6S. The SMILES string of the molecule is COc1ccc(C=C2SC(=O)N(CC(=O)NCCc3ccc(O)cc3)C2=O)c(OC)c1. The fourth-order valence-corrected chi connectivity index (χ4v) is 3.75. The van der Waals surface area contributed by atoms with Gasteiger partial charge >= 0.3 is 0 Å². The lowest BCUT2D eigenvalue weighted by molar-refractivity contribution is -0.129. The molecule has 2 aromatic rings. The molecule has 0 radical (unpaired) electrons. The molecule has 0 unspecified atom stereocenters. The fraction of sp³-hybridized carbons (Fsp3) is 0.227. The van der Waals surface area contributed by atoms with E-state index in [1.54, 1.807) is 48.5 Å². The van der Waals surface area contributed by atoms with Gasteiger partial charge in [0.05, 0.1) is 19.1 Å². The highest BCUT2D eigenvalue weighted by atomic mass is 32.2. The second-order valence-electron chi connectivity index (χ2n) is 6.64. The Kier molecular flexibility index (Phi) is 7.19. The number of ether oxygens (including phenoxy) is 2. The molecule has 1 aliphatic heterocycles. The molecule has 2 N–H and O–H groups in total. The van der Waals surface area contributed by atoms with Crippen LogP contribution in [0.25, 0.3) is 6.08 Å². The van der Waals surface area contributed by atoms with Crippen LogP contribution in [0.5, 0.6) is 17.2 Å². The Labute approximate surface area is 183 Å². The summed E-state index contributed by atoms with van der Waals surface area (Å²) in [6.45, 7) is -0.00392. The summed E-state index contributed by atoms with van der Waals surface area (Å²) in [6, 6.07) is 11.8. The predicted octanol–water partition coefficient (Wildman–Crippen LogP) is 2.80. The molecule has 0 bridgehead atoms. The van der Waals surface area contributed by atoms with Crippen LogP contribution in [0.15, 0.2) is 47.4 Å². The van der Waals surface area contributed by atoms with Crippen LogP contribution in [0.1, 0.15) is 11.1 Å². The molecule has 0 aromatic heterocycles. The maximum atomic E-state index is 12.7. The molecule has 8 nitrogen and oxygen atoms in total. The number of rotatable bonds is 8. The third-order valence-corrected chi connectivity index (χ3v) is 5.48. The molecule has 0 atom stereocenters. The molecule has 1 heterocycles. The highest BCUT2D eigenvalue weighted by Gasteiger charge is 2.36. The van der Waals surface area contributed by atoms with Crippen molar-refractivity contribution >= 4 is 34.9 Å². The van der Waals surface area contributed by atoms with E-state index in [0.717, 1.165) is 22.2 Å². The molecule has 3 amide bonds. The molecule has 1 fully saturated rings. The van der Waals surface area contributed by atoms with Gasteiger partial charge in [-0.25, -0.2) is 0 Å². The van der Waals surface area contributed by atoms with Gasteiger partial charge in [0.2, 0.25) is 5.91 Å². The first-order valence-corrected chi connectivity index (χ1v) is 10.2. The van der Waals surface area contributed by atoms with Crippen LogP contribution in [-0.2, 0) is 16.0 Å². The number of carbonyl (C=O) groups excluding carboxylic acids is 3. The number of hydrogen-bond donors (Lipinski definition) is 2. The monoisotopic (exact) mass is 442 g/mol. The van der Waals surface area contributed by atoms with Crippen LogP contribution in [-0.4, -0.2) is 54.4 Å². The summed E-state index contributed by atoms with van der Waals surface area (Å²) in [5.41, 5.74) is 1.56. The van der Waals surface area contributed by atoms with Crippen LogP contribution >= 0.6 is 11.8 Å². The van der Waals surface area contributed by atoms with E-state index < -0.39 is 17.1 Å². The van der Waals surface area contributed by atoms with E-state index in [1.807, 2.05) is 0 Å². The van der Waals surface area contributed by atoms with Gasteiger partial charge in [-0.1, -0.05) is 12.1 Å². The largest absolute Gasteiger partial charge is 0.508 e. The molecule has 1 aliphatic rings. The van der Waals surface area contributed by atoms with Crippen LogP contribution < -0.4 is 14.8 Å². The molecule has 0 aliphatic carbocycles. The van der Waals surface area contributed by atoms with Crippen molar-refractivity contribution in [3.8, 4) is 17.2 Å².